The molecule has 76 valence electrons. The van der Waals surface area contributed by atoms with E-state index in [9.17, 15) is 4.79 Å². The van der Waals surface area contributed by atoms with Crippen LogP contribution in [0.5, 0.6) is 0 Å². The molecule has 1 unspecified atom stereocenters. The second-order valence-corrected chi connectivity index (χ2v) is 3.66. The molecule has 1 N–H and O–H groups in total. The topological polar surface area (TPSA) is 40.5 Å². The Morgan fingerprint density at radius 1 is 1.46 bits per heavy atom. The lowest BCUT2D eigenvalue weighted by Gasteiger charge is -2.26. The van der Waals surface area contributed by atoms with Gasteiger partial charge in [0, 0.05) is 18.7 Å². The standard InChI is InChI=1S/C10H19NO2/c1-8(2)9(3)11(4)7-5-6-10(12)13/h5-6,8-9H,7H2,1-4H3,(H,12,13). The van der Waals surface area contributed by atoms with Crippen LogP contribution in [0.15, 0.2) is 12.2 Å². The maximum atomic E-state index is 10.2. The van der Waals surface area contributed by atoms with Gasteiger partial charge in [-0.3, -0.25) is 4.90 Å². The van der Waals surface area contributed by atoms with Gasteiger partial charge in [0.2, 0.25) is 0 Å². The fourth-order valence-electron chi connectivity index (χ4n) is 0.995. The van der Waals surface area contributed by atoms with Crippen molar-refractivity contribution < 1.29 is 9.90 Å². The Bertz CT molecular complexity index is 187. The highest BCUT2D eigenvalue weighted by atomic mass is 16.4. The van der Waals surface area contributed by atoms with Crippen molar-refractivity contribution in [1.82, 2.24) is 4.90 Å². The Hall–Kier alpha value is -0.830. The molecule has 0 fully saturated rings. The van der Waals surface area contributed by atoms with E-state index >= 15 is 0 Å². The van der Waals surface area contributed by atoms with E-state index in [1.54, 1.807) is 6.08 Å². The first-order valence-corrected chi connectivity index (χ1v) is 4.55. The van der Waals surface area contributed by atoms with E-state index in [1.807, 2.05) is 7.05 Å². The number of nitrogens with zero attached hydrogens (tertiary/aromatic N) is 1. The maximum absolute atomic E-state index is 10.2. The molecule has 3 heteroatoms. The summed E-state index contributed by atoms with van der Waals surface area (Å²) in [6.07, 6.45) is 2.85. The number of aliphatic carboxylic acids is 1. The van der Waals surface area contributed by atoms with Gasteiger partial charge in [0.05, 0.1) is 0 Å². The summed E-state index contributed by atoms with van der Waals surface area (Å²) < 4.78 is 0. The van der Waals surface area contributed by atoms with Crippen LogP contribution in [-0.2, 0) is 4.79 Å². The summed E-state index contributed by atoms with van der Waals surface area (Å²) in [5.74, 6) is -0.297. The summed E-state index contributed by atoms with van der Waals surface area (Å²) in [4.78, 5) is 12.3. The zero-order valence-corrected chi connectivity index (χ0v) is 8.82. The molecule has 0 spiro atoms. The van der Waals surface area contributed by atoms with Crippen LogP contribution in [0.3, 0.4) is 0 Å². The smallest absolute Gasteiger partial charge is 0.328 e. The van der Waals surface area contributed by atoms with E-state index in [-0.39, 0.29) is 0 Å². The second kappa shape index (κ2) is 5.75. The minimum atomic E-state index is -0.884. The fourth-order valence-corrected chi connectivity index (χ4v) is 0.995. The van der Waals surface area contributed by atoms with Crippen LogP contribution in [0.2, 0.25) is 0 Å². The number of likely N-dealkylation sites (N-methyl/N-ethyl adjacent to an activating group) is 1. The molecule has 13 heavy (non-hydrogen) atoms. The maximum Gasteiger partial charge on any atom is 0.328 e. The van der Waals surface area contributed by atoms with Gasteiger partial charge in [-0.05, 0) is 19.9 Å². The minimum absolute atomic E-state index is 0.471. The highest BCUT2D eigenvalue weighted by Crippen LogP contribution is 2.07. The van der Waals surface area contributed by atoms with Crippen molar-refractivity contribution in [2.45, 2.75) is 26.8 Å². The number of hydrogen-bond acceptors (Lipinski definition) is 2. The molecule has 0 rings (SSSR count). The lowest BCUT2D eigenvalue weighted by molar-refractivity contribution is -0.131. The summed E-state index contributed by atoms with van der Waals surface area (Å²) in [5.41, 5.74) is 0. The molecule has 1 atom stereocenters. The Kier molecular flexibility index (Phi) is 5.39. The second-order valence-electron chi connectivity index (χ2n) is 3.66. The Labute approximate surface area is 80.0 Å². The summed E-state index contributed by atoms with van der Waals surface area (Å²) in [7, 11) is 2.00. The first kappa shape index (κ1) is 12.2. The predicted molar refractivity (Wildman–Crippen MR) is 53.7 cm³/mol. The van der Waals surface area contributed by atoms with Crippen LogP contribution in [0.25, 0.3) is 0 Å². The molecule has 0 heterocycles. The molecule has 0 aromatic carbocycles. The van der Waals surface area contributed by atoms with E-state index in [2.05, 4.69) is 25.7 Å². The lowest BCUT2D eigenvalue weighted by Crippen LogP contribution is -2.33. The van der Waals surface area contributed by atoms with Gasteiger partial charge in [-0.25, -0.2) is 4.79 Å². The molecular formula is C10H19NO2. The van der Waals surface area contributed by atoms with Crippen LogP contribution in [0.4, 0.5) is 0 Å². The third kappa shape index (κ3) is 5.42. The lowest BCUT2D eigenvalue weighted by atomic mass is 10.1. The van der Waals surface area contributed by atoms with E-state index in [1.165, 1.54) is 6.08 Å². The number of rotatable bonds is 5. The van der Waals surface area contributed by atoms with E-state index in [4.69, 9.17) is 5.11 Å². The van der Waals surface area contributed by atoms with E-state index in [0.717, 1.165) is 0 Å². The zero-order chi connectivity index (χ0) is 10.4. The molecule has 0 aliphatic heterocycles. The van der Waals surface area contributed by atoms with E-state index < -0.39 is 5.97 Å². The van der Waals surface area contributed by atoms with Crippen LogP contribution < -0.4 is 0 Å². The van der Waals surface area contributed by atoms with Crippen molar-refractivity contribution in [3.8, 4) is 0 Å². The van der Waals surface area contributed by atoms with Crippen molar-refractivity contribution >= 4 is 5.97 Å². The number of hydrogen-bond donors (Lipinski definition) is 1. The van der Waals surface area contributed by atoms with Crippen molar-refractivity contribution in [3.05, 3.63) is 12.2 Å². The van der Waals surface area contributed by atoms with Gasteiger partial charge in [-0.15, -0.1) is 0 Å². The van der Waals surface area contributed by atoms with Crippen molar-refractivity contribution in [2.75, 3.05) is 13.6 Å². The molecule has 0 aliphatic rings. The molecule has 0 bridgehead atoms. The summed E-state index contributed by atoms with van der Waals surface area (Å²) >= 11 is 0. The van der Waals surface area contributed by atoms with Crippen molar-refractivity contribution in [3.63, 3.8) is 0 Å². The van der Waals surface area contributed by atoms with Gasteiger partial charge < -0.3 is 5.11 Å². The SMILES string of the molecule is CC(C)C(C)N(C)CC=CC(=O)O. The monoisotopic (exact) mass is 185 g/mol. The van der Waals surface area contributed by atoms with Crippen LogP contribution in [0.1, 0.15) is 20.8 Å². The van der Waals surface area contributed by atoms with Gasteiger partial charge in [-0.2, -0.15) is 0 Å². The highest BCUT2D eigenvalue weighted by molar-refractivity contribution is 5.79. The van der Waals surface area contributed by atoms with Gasteiger partial charge >= 0.3 is 5.97 Å². The highest BCUT2D eigenvalue weighted by Gasteiger charge is 2.10. The molecule has 0 aliphatic carbocycles. The van der Waals surface area contributed by atoms with Crippen molar-refractivity contribution in [2.24, 2.45) is 5.92 Å². The summed E-state index contributed by atoms with van der Waals surface area (Å²) in [6, 6.07) is 0.471. The largest absolute Gasteiger partial charge is 0.478 e. The Morgan fingerprint density at radius 3 is 2.38 bits per heavy atom. The molecule has 0 saturated heterocycles. The van der Waals surface area contributed by atoms with Crippen LogP contribution >= 0.6 is 0 Å². The summed E-state index contributed by atoms with van der Waals surface area (Å²) in [6.45, 7) is 7.13. The number of carboxylic acids is 1. The molecule has 0 radical (unpaired) electrons. The first-order chi connectivity index (χ1) is 5.95. The van der Waals surface area contributed by atoms with Crippen LogP contribution in [-0.4, -0.2) is 35.6 Å². The third-order valence-electron chi connectivity index (χ3n) is 2.31. The fraction of sp³-hybridized carbons (Fsp3) is 0.700. The summed E-state index contributed by atoms with van der Waals surface area (Å²) in [5, 5.41) is 8.37. The predicted octanol–water partition coefficient (Wildman–Crippen LogP) is 1.60. The quantitative estimate of drug-likeness (QED) is 0.661. The molecule has 3 nitrogen and oxygen atoms in total. The normalized spacial score (nSPS) is 14.3. The third-order valence-corrected chi connectivity index (χ3v) is 2.31. The average Bonchev–Trinajstić information content (AvgIpc) is 2.02. The first-order valence-electron chi connectivity index (χ1n) is 4.55. The molecule has 0 saturated carbocycles. The van der Waals surface area contributed by atoms with Crippen molar-refractivity contribution in [1.29, 1.82) is 0 Å². The molecule has 0 aromatic heterocycles. The average molecular weight is 185 g/mol. The van der Waals surface area contributed by atoms with E-state index in [0.29, 0.717) is 18.5 Å². The van der Waals surface area contributed by atoms with Gasteiger partial charge in [0.1, 0.15) is 0 Å². The molecule has 0 aromatic rings. The molecular weight excluding hydrogens is 166 g/mol. The molecule has 0 amide bonds. The van der Waals surface area contributed by atoms with Crippen LogP contribution in [0, 0.1) is 5.92 Å². The minimum Gasteiger partial charge on any atom is -0.478 e. The zero-order valence-electron chi connectivity index (χ0n) is 8.82. The Balaban J connectivity index is 3.86. The van der Waals surface area contributed by atoms with Gasteiger partial charge in [0.25, 0.3) is 0 Å². The number of carbonyl (C=O) groups is 1. The number of carboxylic acid groups (broad SMARTS) is 1. The van der Waals surface area contributed by atoms with Gasteiger partial charge in [-0.1, -0.05) is 19.9 Å². The Morgan fingerprint density at radius 2 is 2.00 bits per heavy atom. The van der Waals surface area contributed by atoms with Gasteiger partial charge in [0.15, 0.2) is 0 Å².